The Morgan fingerprint density at radius 1 is 1.20 bits per heavy atom. The fraction of sp³-hybridized carbons (Fsp3) is 0.606. The van der Waals surface area contributed by atoms with Crippen molar-refractivity contribution < 1.29 is 33.9 Å². The van der Waals surface area contributed by atoms with Gasteiger partial charge in [-0.1, -0.05) is 50.2 Å². The highest BCUT2D eigenvalue weighted by molar-refractivity contribution is 7.99. The van der Waals surface area contributed by atoms with E-state index in [0.29, 0.717) is 12.8 Å². The second-order valence-corrected chi connectivity index (χ2v) is 14.7. The predicted molar refractivity (Wildman–Crippen MR) is 170 cm³/mol. The van der Waals surface area contributed by atoms with Crippen molar-refractivity contribution in [2.75, 3.05) is 12.3 Å². The molecule has 11 nitrogen and oxygen atoms in total. The largest absolute Gasteiger partial charge is 0.479 e. The molecule has 45 heavy (non-hydrogen) atoms. The molecule has 12 heteroatoms. The number of aliphatic carboxylic acids is 1. The van der Waals surface area contributed by atoms with E-state index in [0.717, 1.165) is 47.6 Å². The van der Waals surface area contributed by atoms with Crippen LogP contribution >= 0.6 is 11.8 Å². The summed E-state index contributed by atoms with van der Waals surface area (Å²) in [6.45, 7) is 9.25. The maximum atomic E-state index is 14.2. The third-order valence-corrected chi connectivity index (χ3v) is 10.3. The van der Waals surface area contributed by atoms with Gasteiger partial charge in [-0.05, 0) is 55.9 Å². The number of alkyl carbamates (subject to hydrolysis) is 1. The molecule has 0 aromatic heterocycles. The molecule has 0 unspecified atom stereocenters. The molecule has 5 rings (SSSR count). The Bertz CT molecular complexity index is 1350. The Morgan fingerprint density at radius 2 is 1.93 bits per heavy atom. The molecule has 0 bridgehead atoms. The van der Waals surface area contributed by atoms with E-state index in [2.05, 4.69) is 22.4 Å². The normalized spacial score (nSPS) is 27.8. The molecule has 0 radical (unpaired) electrons. The monoisotopic (exact) mass is 640 g/mol. The minimum atomic E-state index is -1.41. The summed E-state index contributed by atoms with van der Waals surface area (Å²) in [5.41, 5.74) is -0.329. The number of ether oxygens (including phenoxy) is 1. The number of allylic oxidation sites excluding steroid dienone is 1. The SMILES string of the molecule is C=CC[C@@H]1C[C@]1(NC(=O)[C@@H]1C[C@@H](O/N=C2\CCSc3ccccc32)CN1C(=O)[C@@H](NC(=O)OC1CCCC1)C(C)(C)C)C(=O)O. The van der Waals surface area contributed by atoms with Crippen molar-refractivity contribution in [3.05, 3.63) is 42.5 Å². The molecule has 1 aromatic carbocycles. The van der Waals surface area contributed by atoms with Crippen LogP contribution in [0.1, 0.15) is 77.7 Å². The molecule has 3 N–H and O–H groups in total. The number of carbonyl (C=O) groups excluding carboxylic acids is 3. The van der Waals surface area contributed by atoms with Gasteiger partial charge in [0.25, 0.3) is 0 Å². The van der Waals surface area contributed by atoms with E-state index < -0.39 is 53.0 Å². The number of hydrogen-bond donors (Lipinski definition) is 3. The summed E-state index contributed by atoms with van der Waals surface area (Å²) in [5, 5.41) is 20.0. The second kappa shape index (κ2) is 13.4. The molecule has 0 spiro atoms. The van der Waals surface area contributed by atoms with E-state index >= 15 is 0 Å². The van der Waals surface area contributed by atoms with Gasteiger partial charge < -0.3 is 30.2 Å². The second-order valence-electron chi connectivity index (χ2n) is 13.5. The first-order valence-corrected chi connectivity index (χ1v) is 16.8. The van der Waals surface area contributed by atoms with Crippen LogP contribution in [0.2, 0.25) is 0 Å². The number of carboxylic acid groups (broad SMARTS) is 1. The molecule has 2 saturated carbocycles. The summed E-state index contributed by atoms with van der Waals surface area (Å²) in [6.07, 6.45) is 5.30. The molecule has 2 heterocycles. The van der Waals surface area contributed by atoms with Crippen LogP contribution in [-0.2, 0) is 24.0 Å². The maximum Gasteiger partial charge on any atom is 0.408 e. The van der Waals surface area contributed by atoms with Crippen molar-refractivity contribution >= 4 is 41.4 Å². The number of carboxylic acids is 1. The molecule has 2 aliphatic heterocycles. The Kier molecular flexibility index (Phi) is 9.81. The smallest absolute Gasteiger partial charge is 0.408 e. The number of fused-ring (bicyclic) bond motifs is 1. The summed E-state index contributed by atoms with van der Waals surface area (Å²) in [6, 6.07) is 5.94. The van der Waals surface area contributed by atoms with Gasteiger partial charge in [-0.25, -0.2) is 9.59 Å². The number of rotatable bonds is 10. The van der Waals surface area contributed by atoms with E-state index in [4.69, 9.17) is 9.57 Å². The zero-order chi connectivity index (χ0) is 32.4. The zero-order valence-electron chi connectivity index (χ0n) is 26.3. The van der Waals surface area contributed by atoms with Crippen molar-refractivity contribution in [2.24, 2.45) is 16.5 Å². The van der Waals surface area contributed by atoms with Crippen LogP contribution in [0, 0.1) is 11.3 Å². The van der Waals surface area contributed by atoms with Crippen molar-refractivity contribution in [2.45, 2.75) is 107 Å². The lowest BCUT2D eigenvalue weighted by molar-refractivity contribution is -0.146. The fourth-order valence-electron chi connectivity index (χ4n) is 6.53. The Hall–Kier alpha value is -3.54. The van der Waals surface area contributed by atoms with Gasteiger partial charge in [0.05, 0.1) is 12.3 Å². The van der Waals surface area contributed by atoms with Gasteiger partial charge >= 0.3 is 12.1 Å². The minimum absolute atomic E-state index is 0.0478. The van der Waals surface area contributed by atoms with Crippen LogP contribution in [0.15, 0.2) is 47.0 Å². The quantitative estimate of drug-likeness (QED) is 0.251. The highest BCUT2D eigenvalue weighted by Gasteiger charge is 2.62. The van der Waals surface area contributed by atoms with Gasteiger partial charge in [-0.3, -0.25) is 9.59 Å². The maximum absolute atomic E-state index is 14.2. The summed E-state index contributed by atoms with van der Waals surface area (Å²) in [5.74, 6) is -1.57. The number of likely N-dealkylation sites (tertiary alicyclic amines) is 1. The van der Waals surface area contributed by atoms with Gasteiger partial charge in [0.15, 0.2) is 0 Å². The number of hydrogen-bond acceptors (Lipinski definition) is 8. The fourth-order valence-corrected chi connectivity index (χ4v) is 7.56. The molecule has 4 aliphatic rings. The van der Waals surface area contributed by atoms with Crippen molar-refractivity contribution in [3.8, 4) is 0 Å². The number of benzene rings is 1. The van der Waals surface area contributed by atoms with E-state index in [9.17, 15) is 24.3 Å². The lowest BCUT2D eigenvalue weighted by Gasteiger charge is -2.35. The standard InChI is InChI=1S/C33H44N4O7S/c1-5-10-20-18-33(20,30(40)41)35-28(38)25-17-22(44-36-24-15-16-45-26-14-9-8-13-23(24)26)19-37(25)29(39)27(32(2,3)4)34-31(42)43-21-11-6-7-12-21/h5,8-9,13-14,20-22,25,27H,1,6-7,10-12,15-19H2,2-4H3,(H,34,42)(H,35,38)(H,40,41)/b36-24+/t20-,22-,25+,27-,33-/m1/s1. The number of carbonyl (C=O) groups is 4. The van der Waals surface area contributed by atoms with Crippen LogP contribution in [0.5, 0.6) is 0 Å². The Morgan fingerprint density at radius 3 is 2.62 bits per heavy atom. The Balaban J connectivity index is 1.37. The number of oxime groups is 1. The van der Waals surface area contributed by atoms with Gasteiger partial charge in [0, 0.05) is 29.1 Å². The number of nitrogens with one attached hydrogen (secondary N) is 2. The average Bonchev–Trinajstić information content (AvgIpc) is 3.30. The van der Waals surface area contributed by atoms with E-state index in [-0.39, 0.29) is 31.4 Å². The summed E-state index contributed by atoms with van der Waals surface area (Å²) in [7, 11) is 0. The van der Waals surface area contributed by atoms with E-state index in [1.54, 1.807) is 17.8 Å². The highest BCUT2D eigenvalue weighted by atomic mass is 32.2. The minimum Gasteiger partial charge on any atom is -0.479 e. The van der Waals surface area contributed by atoms with E-state index in [1.165, 1.54) is 4.90 Å². The average molecular weight is 641 g/mol. The summed E-state index contributed by atoms with van der Waals surface area (Å²) >= 11 is 1.76. The molecule has 244 valence electrons. The zero-order valence-corrected chi connectivity index (χ0v) is 27.1. The van der Waals surface area contributed by atoms with Crippen LogP contribution in [0.3, 0.4) is 0 Å². The van der Waals surface area contributed by atoms with Crippen LogP contribution in [0.25, 0.3) is 0 Å². The Labute approximate surface area is 268 Å². The first-order valence-electron chi connectivity index (χ1n) is 15.8. The van der Waals surface area contributed by atoms with E-state index in [1.807, 2.05) is 45.0 Å². The van der Waals surface area contributed by atoms with Crippen LogP contribution in [0.4, 0.5) is 4.79 Å². The lowest BCUT2D eigenvalue weighted by Crippen LogP contribution is -2.59. The van der Waals surface area contributed by atoms with Gasteiger partial charge in [0.2, 0.25) is 11.8 Å². The van der Waals surface area contributed by atoms with Crippen molar-refractivity contribution in [1.82, 2.24) is 15.5 Å². The van der Waals surface area contributed by atoms with Gasteiger partial charge in [-0.2, -0.15) is 0 Å². The topological polar surface area (TPSA) is 147 Å². The molecule has 1 aromatic rings. The van der Waals surface area contributed by atoms with Crippen molar-refractivity contribution in [3.63, 3.8) is 0 Å². The van der Waals surface area contributed by atoms with Gasteiger partial charge in [-0.15, -0.1) is 18.3 Å². The third kappa shape index (κ3) is 7.31. The first kappa shape index (κ1) is 32.8. The van der Waals surface area contributed by atoms with Crippen LogP contribution in [-0.4, -0.2) is 81.7 Å². The summed E-state index contributed by atoms with van der Waals surface area (Å²) < 4.78 is 5.60. The highest BCUT2D eigenvalue weighted by Crippen LogP contribution is 2.46. The molecule has 3 amide bonds. The number of amides is 3. The summed E-state index contributed by atoms with van der Waals surface area (Å²) in [4.78, 5) is 61.7. The first-order chi connectivity index (χ1) is 21.4. The molecule has 3 fully saturated rings. The molecule has 5 atom stereocenters. The molecular formula is C33H44N4O7S. The predicted octanol–water partition coefficient (Wildman–Crippen LogP) is 4.49. The van der Waals surface area contributed by atoms with Crippen LogP contribution < -0.4 is 10.6 Å². The third-order valence-electron chi connectivity index (χ3n) is 9.19. The molecule has 2 aliphatic carbocycles. The number of nitrogens with zero attached hydrogens (tertiary/aromatic N) is 2. The number of thioether (sulfide) groups is 1. The van der Waals surface area contributed by atoms with Gasteiger partial charge in [0.1, 0.15) is 29.8 Å². The lowest BCUT2D eigenvalue weighted by atomic mass is 9.85. The molecule has 1 saturated heterocycles. The van der Waals surface area contributed by atoms with Crippen molar-refractivity contribution in [1.29, 1.82) is 0 Å². The molecular weight excluding hydrogens is 596 g/mol.